The Kier molecular flexibility index (Phi) is 6.47. The molecule has 2 aromatic carbocycles. The van der Waals surface area contributed by atoms with Crippen molar-refractivity contribution < 1.29 is 4.79 Å². The van der Waals surface area contributed by atoms with Crippen LogP contribution in [0.4, 0.5) is 0 Å². The van der Waals surface area contributed by atoms with Gasteiger partial charge in [0.25, 0.3) is 5.56 Å². The number of carbonyl (C=O) groups is 1. The highest BCUT2D eigenvalue weighted by atomic mass is 16.2. The van der Waals surface area contributed by atoms with Gasteiger partial charge in [0.2, 0.25) is 5.91 Å². The second-order valence-corrected chi connectivity index (χ2v) is 7.55. The number of nitrogens with zero attached hydrogens (tertiary/aromatic N) is 3. The molecule has 3 rings (SSSR count). The monoisotopic (exact) mass is 391 g/mol. The minimum absolute atomic E-state index is 0.0738. The van der Waals surface area contributed by atoms with Gasteiger partial charge in [-0.2, -0.15) is 0 Å². The van der Waals surface area contributed by atoms with Crippen molar-refractivity contribution in [2.75, 3.05) is 7.05 Å². The molecule has 0 saturated heterocycles. The molecule has 0 radical (unpaired) electrons. The quantitative estimate of drug-likeness (QED) is 0.544. The summed E-state index contributed by atoms with van der Waals surface area (Å²) in [5, 5.41) is 0.573. The average molecular weight is 392 g/mol. The van der Waals surface area contributed by atoms with Crippen LogP contribution in [-0.2, 0) is 4.79 Å². The van der Waals surface area contributed by atoms with E-state index < -0.39 is 0 Å². The average Bonchev–Trinajstić information content (AvgIpc) is 2.73. The molecule has 29 heavy (non-hydrogen) atoms. The zero-order chi connectivity index (χ0) is 21.0. The number of aromatic nitrogens is 2. The predicted octanol–water partition coefficient (Wildman–Crippen LogP) is 4.79. The highest BCUT2D eigenvalue weighted by molar-refractivity contribution is 5.79. The van der Waals surface area contributed by atoms with Crippen molar-refractivity contribution in [2.45, 2.75) is 52.5 Å². The third-order valence-corrected chi connectivity index (χ3v) is 5.50. The van der Waals surface area contributed by atoms with E-state index in [0.29, 0.717) is 23.1 Å². The standard InChI is InChI=1S/C24H29N3O2/c1-5-6-7-16-22(28)26(4)18(3)23-25-20-14-10-9-13-19(20)24(29)27(23)21-15-11-8-12-17(21)2/h8-15,18H,5-7,16H2,1-4H3. The summed E-state index contributed by atoms with van der Waals surface area (Å²) in [6.45, 7) is 6.03. The van der Waals surface area contributed by atoms with Crippen molar-refractivity contribution in [3.05, 3.63) is 70.3 Å². The van der Waals surface area contributed by atoms with Gasteiger partial charge in [-0.3, -0.25) is 14.2 Å². The van der Waals surface area contributed by atoms with Gasteiger partial charge >= 0.3 is 0 Å². The number of benzene rings is 2. The fourth-order valence-corrected chi connectivity index (χ4v) is 3.57. The summed E-state index contributed by atoms with van der Waals surface area (Å²) in [7, 11) is 1.79. The second-order valence-electron chi connectivity index (χ2n) is 7.55. The maximum Gasteiger partial charge on any atom is 0.266 e. The maximum absolute atomic E-state index is 13.4. The van der Waals surface area contributed by atoms with Gasteiger partial charge in [-0.05, 0) is 44.0 Å². The number of para-hydroxylation sites is 2. The topological polar surface area (TPSA) is 55.2 Å². The van der Waals surface area contributed by atoms with Crippen molar-refractivity contribution in [2.24, 2.45) is 0 Å². The van der Waals surface area contributed by atoms with E-state index >= 15 is 0 Å². The zero-order valence-electron chi connectivity index (χ0n) is 17.7. The Balaban J connectivity index is 2.13. The molecule has 0 aliphatic heterocycles. The smallest absolute Gasteiger partial charge is 0.266 e. The lowest BCUT2D eigenvalue weighted by atomic mass is 10.1. The van der Waals surface area contributed by atoms with Crippen molar-refractivity contribution in [1.82, 2.24) is 14.5 Å². The van der Waals surface area contributed by atoms with Crippen LogP contribution in [0.25, 0.3) is 16.6 Å². The molecular formula is C24H29N3O2. The van der Waals surface area contributed by atoms with Crippen LogP contribution >= 0.6 is 0 Å². The molecule has 0 saturated carbocycles. The molecule has 0 spiro atoms. The Labute approximate surface area is 172 Å². The molecule has 0 N–H and O–H groups in total. The van der Waals surface area contributed by atoms with Crippen molar-refractivity contribution in [3.63, 3.8) is 0 Å². The van der Waals surface area contributed by atoms with Crippen LogP contribution in [0, 0.1) is 6.92 Å². The van der Waals surface area contributed by atoms with Crippen LogP contribution in [-0.4, -0.2) is 27.4 Å². The third-order valence-electron chi connectivity index (χ3n) is 5.50. The number of hydrogen-bond acceptors (Lipinski definition) is 3. The lowest BCUT2D eigenvalue weighted by Gasteiger charge is -2.27. The molecule has 0 aliphatic rings. The van der Waals surface area contributed by atoms with Crippen molar-refractivity contribution >= 4 is 16.8 Å². The Hall–Kier alpha value is -2.95. The first-order chi connectivity index (χ1) is 14.0. The summed E-state index contributed by atoms with van der Waals surface area (Å²) in [4.78, 5) is 32.7. The molecule has 1 unspecified atom stereocenters. The van der Waals surface area contributed by atoms with Crippen LogP contribution in [0.3, 0.4) is 0 Å². The van der Waals surface area contributed by atoms with Gasteiger partial charge in [-0.15, -0.1) is 0 Å². The van der Waals surface area contributed by atoms with Gasteiger partial charge in [0.15, 0.2) is 0 Å². The molecule has 152 valence electrons. The summed E-state index contributed by atoms with van der Waals surface area (Å²) >= 11 is 0. The van der Waals surface area contributed by atoms with Crippen LogP contribution in [0.15, 0.2) is 53.3 Å². The number of hydrogen-bond donors (Lipinski definition) is 0. The first-order valence-corrected chi connectivity index (χ1v) is 10.3. The molecule has 1 heterocycles. The fourth-order valence-electron chi connectivity index (χ4n) is 3.57. The van der Waals surface area contributed by atoms with Crippen molar-refractivity contribution in [3.8, 4) is 5.69 Å². The Bertz CT molecular complexity index is 1070. The van der Waals surface area contributed by atoms with Crippen LogP contribution < -0.4 is 5.56 Å². The van der Waals surface area contributed by atoms with Gasteiger partial charge in [-0.25, -0.2) is 4.98 Å². The lowest BCUT2D eigenvalue weighted by molar-refractivity contribution is -0.132. The van der Waals surface area contributed by atoms with E-state index in [9.17, 15) is 9.59 Å². The zero-order valence-corrected chi connectivity index (χ0v) is 17.7. The lowest BCUT2D eigenvalue weighted by Crippen LogP contribution is -2.35. The number of aryl methyl sites for hydroxylation is 1. The van der Waals surface area contributed by atoms with Crippen molar-refractivity contribution in [1.29, 1.82) is 0 Å². The van der Waals surface area contributed by atoms with E-state index in [2.05, 4.69) is 6.92 Å². The normalized spacial score (nSPS) is 12.1. The van der Waals surface area contributed by atoms with Gasteiger partial charge in [0.1, 0.15) is 5.82 Å². The molecule has 1 atom stereocenters. The minimum atomic E-state index is -0.332. The largest absolute Gasteiger partial charge is 0.336 e. The van der Waals surface area contributed by atoms with E-state index in [4.69, 9.17) is 4.98 Å². The summed E-state index contributed by atoms with van der Waals surface area (Å²) in [5.74, 6) is 0.652. The highest BCUT2D eigenvalue weighted by Gasteiger charge is 2.24. The molecule has 3 aromatic rings. The second kappa shape index (κ2) is 9.03. The van der Waals surface area contributed by atoms with Gasteiger partial charge in [0.05, 0.1) is 22.6 Å². The molecule has 1 amide bonds. The summed E-state index contributed by atoms with van der Waals surface area (Å²) in [5.41, 5.74) is 2.32. The van der Waals surface area contributed by atoms with E-state index in [1.54, 1.807) is 22.6 Å². The summed E-state index contributed by atoms with van der Waals surface area (Å²) in [6.07, 6.45) is 3.50. The number of fused-ring (bicyclic) bond motifs is 1. The van der Waals surface area contributed by atoms with Gasteiger partial charge in [-0.1, -0.05) is 50.1 Å². The SMILES string of the molecule is CCCCCC(=O)N(C)C(C)c1nc2ccccc2c(=O)n1-c1ccccc1C. The van der Waals surface area contributed by atoms with Gasteiger partial charge < -0.3 is 4.90 Å². The van der Waals surface area contributed by atoms with Crippen LogP contribution in [0.1, 0.15) is 57.0 Å². The number of unbranched alkanes of at least 4 members (excludes halogenated alkanes) is 2. The maximum atomic E-state index is 13.4. The van der Waals surface area contributed by atoms with Crippen LogP contribution in [0.2, 0.25) is 0 Å². The molecule has 0 fully saturated rings. The third kappa shape index (κ3) is 4.24. The van der Waals surface area contributed by atoms with E-state index in [-0.39, 0.29) is 17.5 Å². The molecule has 0 bridgehead atoms. The number of rotatable bonds is 7. The number of amides is 1. The van der Waals surface area contributed by atoms with E-state index in [0.717, 1.165) is 30.5 Å². The minimum Gasteiger partial charge on any atom is -0.336 e. The first kappa shape index (κ1) is 20.8. The van der Waals surface area contributed by atoms with Gasteiger partial charge in [0, 0.05) is 13.5 Å². The summed E-state index contributed by atoms with van der Waals surface area (Å²) in [6, 6.07) is 14.8. The molecular weight excluding hydrogens is 362 g/mol. The Morgan fingerprint density at radius 2 is 1.79 bits per heavy atom. The number of carbonyl (C=O) groups excluding carboxylic acids is 1. The van der Waals surface area contributed by atoms with E-state index in [1.165, 1.54) is 0 Å². The van der Waals surface area contributed by atoms with E-state index in [1.807, 2.05) is 56.3 Å². The highest BCUT2D eigenvalue weighted by Crippen LogP contribution is 2.24. The summed E-state index contributed by atoms with van der Waals surface area (Å²) < 4.78 is 1.66. The molecule has 1 aromatic heterocycles. The molecule has 5 heteroatoms. The fraction of sp³-hybridized carbons (Fsp3) is 0.375. The first-order valence-electron chi connectivity index (χ1n) is 10.3. The Morgan fingerprint density at radius 3 is 2.52 bits per heavy atom. The Morgan fingerprint density at radius 1 is 1.10 bits per heavy atom. The van der Waals surface area contributed by atoms with Crippen LogP contribution in [0.5, 0.6) is 0 Å². The molecule has 5 nitrogen and oxygen atoms in total. The molecule has 0 aliphatic carbocycles. The predicted molar refractivity (Wildman–Crippen MR) is 117 cm³/mol.